The van der Waals surface area contributed by atoms with Crippen LogP contribution in [0.25, 0.3) is 0 Å². The van der Waals surface area contributed by atoms with Gasteiger partial charge in [-0.1, -0.05) is 41.1 Å². The minimum absolute atomic E-state index is 0.374. The second-order valence-electron chi connectivity index (χ2n) is 4.56. The van der Waals surface area contributed by atoms with Crippen LogP contribution in [0.1, 0.15) is 25.3 Å². The van der Waals surface area contributed by atoms with Gasteiger partial charge in [-0.05, 0) is 37.3 Å². The number of halogens is 1. The van der Waals surface area contributed by atoms with E-state index in [0.29, 0.717) is 17.4 Å². The Labute approximate surface area is 118 Å². The van der Waals surface area contributed by atoms with Gasteiger partial charge in [0.2, 0.25) is 10.0 Å². The van der Waals surface area contributed by atoms with Crippen molar-refractivity contribution >= 4 is 26.0 Å². The molecule has 0 aliphatic rings. The molecule has 0 saturated carbocycles. The highest BCUT2D eigenvalue weighted by Crippen LogP contribution is 2.14. The molecular formula is C13H20BrNO2S. The molecular weight excluding hydrogens is 314 g/mol. The van der Waals surface area contributed by atoms with E-state index in [0.717, 1.165) is 23.7 Å². The van der Waals surface area contributed by atoms with E-state index in [1.807, 2.05) is 19.1 Å². The zero-order valence-electron chi connectivity index (χ0n) is 10.8. The van der Waals surface area contributed by atoms with Gasteiger partial charge in [-0.15, -0.1) is 0 Å². The Morgan fingerprint density at radius 1 is 1.33 bits per heavy atom. The van der Waals surface area contributed by atoms with E-state index < -0.39 is 10.0 Å². The normalized spacial score (nSPS) is 13.5. The molecule has 0 heterocycles. The van der Waals surface area contributed by atoms with E-state index in [-0.39, 0.29) is 0 Å². The van der Waals surface area contributed by atoms with E-state index >= 15 is 0 Å². The summed E-state index contributed by atoms with van der Waals surface area (Å²) in [6.45, 7) is 4.44. The fourth-order valence-corrected chi connectivity index (χ4v) is 3.31. The highest BCUT2D eigenvalue weighted by atomic mass is 79.9. The van der Waals surface area contributed by atoms with E-state index in [9.17, 15) is 8.42 Å². The summed E-state index contributed by atoms with van der Waals surface area (Å²) in [5.74, 6) is 0.577. The number of alkyl halides is 1. The molecule has 1 aromatic rings. The molecule has 3 nitrogen and oxygen atoms in total. The second kappa shape index (κ2) is 7.26. The third kappa shape index (κ3) is 4.71. The van der Waals surface area contributed by atoms with E-state index in [1.54, 1.807) is 12.1 Å². The average Bonchev–Trinajstić information content (AvgIpc) is 2.34. The lowest BCUT2D eigenvalue weighted by molar-refractivity contribution is 0.546. The zero-order chi connectivity index (χ0) is 13.6. The zero-order valence-corrected chi connectivity index (χ0v) is 13.2. The number of hydrogen-bond donors (Lipinski definition) is 1. The maximum absolute atomic E-state index is 12.0. The van der Waals surface area contributed by atoms with Gasteiger partial charge in [-0.25, -0.2) is 13.1 Å². The van der Waals surface area contributed by atoms with Gasteiger partial charge in [0, 0.05) is 11.9 Å². The predicted octanol–water partition coefficient (Wildman–Crippen LogP) is 3.08. The minimum atomic E-state index is -3.36. The summed E-state index contributed by atoms with van der Waals surface area (Å²) in [6.07, 6.45) is 1.87. The Hall–Kier alpha value is -0.390. The number of rotatable bonds is 7. The van der Waals surface area contributed by atoms with Crippen molar-refractivity contribution in [2.24, 2.45) is 5.92 Å². The first-order valence-electron chi connectivity index (χ1n) is 6.08. The molecule has 0 aromatic heterocycles. The molecule has 1 unspecified atom stereocenters. The molecule has 0 aliphatic heterocycles. The topological polar surface area (TPSA) is 46.2 Å². The Morgan fingerprint density at radius 2 is 2.00 bits per heavy atom. The Balaban J connectivity index is 2.54. The van der Waals surface area contributed by atoms with Crippen LogP contribution in [0.3, 0.4) is 0 Å². The van der Waals surface area contributed by atoms with Crippen molar-refractivity contribution in [3.63, 3.8) is 0 Å². The third-order valence-electron chi connectivity index (χ3n) is 2.81. The molecule has 18 heavy (non-hydrogen) atoms. The molecule has 0 spiro atoms. The Morgan fingerprint density at radius 3 is 2.61 bits per heavy atom. The fourth-order valence-electron chi connectivity index (χ4n) is 1.67. The highest BCUT2D eigenvalue weighted by molar-refractivity contribution is 9.09. The fraction of sp³-hybridized carbons (Fsp3) is 0.538. The van der Waals surface area contributed by atoms with Crippen LogP contribution in [-0.2, 0) is 10.0 Å². The number of benzene rings is 1. The van der Waals surface area contributed by atoms with Crippen LogP contribution < -0.4 is 4.72 Å². The van der Waals surface area contributed by atoms with Crippen molar-refractivity contribution in [1.29, 1.82) is 0 Å². The van der Waals surface area contributed by atoms with Crippen molar-refractivity contribution in [3.8, 4) is 0 Å². The second-order valence-corrected chi connectivity index (χ2v) is 6.95. The molecule has 0 saturated heterocycles. The van der Waals surface area contributed by atoms with Crippen molar-refractivity contribution in [1.82, 2.24) is 4.72 Å². The van der Waals surface area contributed by atoms with E-state index in [4.69, 9.17) is 0 Å². The monoisotopic (exact) mass is 333 g/mol. The lowest BCUT2D eigenvalue weighted by Crippen LogP contribution is -2.25. The lowest BCUT2D eigenvalue weighted by atomic mass is 10.1. The minimum Gasteiger partial charge on any atom is -0.211 e. The first-order chi connectivity index (χ1) is 8.47. The molecule has 0 fully saturated rings. The number of nitrogens with one attached hydrogen (secondary N) is 1. The van der Waals surface area contributed by atoms with Gasteiger partial charge < -0.3 is 0 Å². The van der Waals surface area contributed by atoms with Crippen LogP contribution >= 0.6 is 15.9 Å². The summed E-state index contributed by atoms with van der Waals surface area (Å²) in [7, 11) is -3.36. The van der Waals surface area contributed by atoms with Crippen LogP contribution in [0.15, 0.2) is 29.2 Å². The summed E-state index contributed by atoms with van der Waals surface area (Å²) < 4.78 is 26.7. The Bertz CT molecular complexity index is 474. The highest BCUT2D eigenvalue weighted by Gasteiger charge is 2.15. The molecule has 0 bridgehead atoms. The van der Waals surface area contributed by atoms with Crippen molar-refractivity contribution in [2.45, 2.75) is 31.6 Å². The molecule has 0 amide bonds. The lowest BCUT2D eigenvalue weighted by Gasteiger charge is -2.10. The summed E-state index contributed by atoms with van der Waals surface area (Å²) in [6, 6.07) is 7.03. The van der Waals surface area contributed by atoms with Crippen molar-refractivity contribution in [3.05, 3.63) is 29.8 Å². The predicted molar refractivity (Wildman–Crippen MR) is 78.6 cm³/mol. The first-order valence-corrected chi connectivity index (χ1v) is 8.69. The van der Waals surface area contributed by atoms with Gasteiger partial charge in [0.05, 0.1) is 4.90 Å². The summed E-state index contributed by atoms with van der Waals surface area (Å²) in [4.78, 5) is 0.374. The van der Waals surface area contributed by atoms with Gasteiger partial charge >= 0.3 is 0 Å². The quantitative estimate of drug-likeness (QED) is 0.615. The number of aryl methyl sites for hydroxylation is 1. The molecule has 0 aliphatic carbocycles. The van der Waals surface area contributed by atoms with E-state index in [2.05, 4.69) is 27.6 Å². The van der Waals surface area contributed by atoms with Gasteiger partial charge in [0.1, 0.15) is 0 Å². The SMILES string of the molecule is Cc1ccccc1S(=O)(=O)NCCCC(C)CBr. The molecule has 1 N–H and O–H groups in total. The summed E-state index contributed by atoms with van der Waals surface area (Å²) in [5.41, 5.74) is 0.777. The maximum Gasteiger partial charge on any atom is 0.240 e. The van der Waals surface area contributed by atoms with Crippen LogP contribution in [0, 0.1) is 12.8 Å². The number of hydrogen-bond acceptors (Lipinski definition) is 2. The standard InChI is InChI=1S/C13H20BrNO2S/c1-11(10-14)6-5-9-15-18(16,17)13-8-4-3-7-12(13)2/h3-4,7-8,11,15H,5-6,9-10H2,1-2H3. The Kier molecular flexibility index (Phi) is 6.32. The molecule has 1 atom stereocenters. The van der Waals surface area contributed by atoms with Crippen LogP contribution in [0.4, 0.5) is 0 Å². The number of sulfonamides is 1. The van der Waals surface area contributed by atoms with Gasteiger partial charge in [0.15, 0.2) is 0 Å². The van der Waals surface area contributed by atoms with Gasteiger partial charge in [-0.2, -0.15) is 0 Å². The smallest absolute Gasteiger partial charge is 0.211 e. The molecule has 1 aromatic carbocycles. The van der Waals surface area contributed by atoms with Crippen molar-refractivity contribution < 1.29 is 8.42 Å². The largest absolute Gasteiger partial charge is 0.240 e. The van der Waals surface area contributed by atoms with Crippen LogP contribution in [0.5, 0.6) is 0 Å². The van der Waals surface area contributed by atoms with Gasteiger partial charge in [0.25, 0.3) is 0 Å². The third-order valence-corrected chi connectivity index (χ3v) is 5.54. The molecule has 0 radical (unpaired) electrons. The van der Waals surface area contributed by atoms with Gasteiger partial charge in [-0.3, -0.25) is 0 Å². The van der Waals surface area contributed by atoms with Crippen LogP contribution in [0.2, 0.25) is 0 Å². The average molecular weight is 334 g/mol. The maximum atomic E-state index is 12.0. The first kappa shape index (κ1) is 15.7. The molecule has 5 heteroatoms. The molecule has 102 valence electrons. The summed E-state index contributed by atoms with van der Waals surface area (Å²) >= 11 is 3.41. The summed E-state index contributed by atoms with van der Waals surface area (Å²) in [5, 5.41) is 0.956. The van der Waals surface area contributed by atoms with E-state index in [1.165, 1.54) is 0 Å². The molecule has 1 rings (SSSR count). The van der Waals surface area contributed by atoms with Crippen LogP contribution in [-0.4, -0.2) is 20.3 Å². The van der Waals surface area contributed by atoms with Crippen molar-refractivity contribution in [2.75, 3.05) is 11.9 Å².